The first kappa shape index (κ1) is 29.7. The second kappa shape index (κ2) is 12.1. The number of thiophene rings is 1. The van der Waals surface area contributed by atoms with Gasteiger partial charge in [0, 0.05) is 60.6 Å². The summed E-state index contributed by atoms with van der Waals surface area (Å²) in [5.41, 5.74) is 3.55. The van der Waals surface area contributed by atoms with Crippen LogP contribution in [0.4, 0.5) is 5.69 Å². The summed E-state index contributed by atoms with van der Waals surface area (Å²) in [7, 11) is -3.70. The Kier molecular flexibility index (Phi) is 8.18. The summed E-state index contributed by atoms with van der Waals surface area (Å²) in [5, 5.41) is 2.18. The Hall–Kier alpha value is -2.95. The van der Waals surface area contributed by atoms with Gasteiger partial charge in [0.2, 0.25) is 10.0 Å². The van der Waals surface area contributed by atoms with E-state index in [0.717, 1.165) is 69.0 Å². The fourth-order valence-corrected chi connectivity index (χ4v) is 11.3. The summed E-state index contributed by atoms with van der Waals surface area (Å²) in [5.74, 6) is 2.39. The summed E-state index contributed by atoms with van der Waals surface area (Å²) in [6, 6.07) is 11.7. The number of aromatic nitrogens is 1. The van der Waals surface area contributed by atoms with Gasteiger partial charge in [0.25, 0.3) is 5.91 Å². The maximum Gasteiger partial charge on any atom is 0.264 e. The van der Waals surface area contributed by atoms with Gasteiger partial charge >= 0.3 is 0 Å². The molecule has 5 aliphatic rings. The van der Waals surface area contributed by atoms with Crippen LogP contribution in [0.1, 0.15) is 60.7 Å². The molecule has 5 fully saturated rings. The highest BCUT2D eigenvalue weighted by molar-refractivity contribution is 7.90. The third kappa shape index (κ3) is 6.53. The minimum Gasteiger partial charge on any atom is -0.492 e. The molecule has 8 rings (SSSR count). The van der Waals surface area contributed by atoms with Crippen LogP contribution in [0.2, 0.25) is 0 Å². The molecule has 0 atom stereocenters. The number of piperazine rings is 1. The van der Waals surface area contributed by atoms with E-state index < -0.39 is 15.9 Å². The Morgan fingerprint density at radius 1 is 0.977 bits per heavy atom. The van der Waals surface area contributed by atoms with E-state index in [1.807, 2.05) is 31.3 Å². The molecule has 0 radical (unpaired) electrons. The van der Waals surface area contributed by atoms with Gasteiger partial charge in [-0.2, -0.15) is 0 Å². The Balaban J connectivity index is 0.903. The molecule has 8 nitrogen and oxygen atoms in total. The number of rotatable bonds is 10. The van der Waals surface area contributed by atoms with Crippen LogP contribution in [0.3, 0.4) is 0 Å². The molecule has 1 amide bonds. The lowest BCUT2D eigenvalue weighted by Gasteiger charge is -2.56. The summed E-state index contributed by atoms with van der Waals surface area (Å²) >= 11 is 1.77. The molecule has 2 aromatic heterocycles. The fraction of sp³-hybridized carbons (Fsp3) is 0.529. The predicted octanol–water partition coefficient (Wildman–Crippen LogP) is 5.81. The Bertz CT molecular complexity index is 1560. The van der Waals surface area contributed by atoms with E-state index >= 15 is 0 Å². The molecule has 1 aliphatic heterocycles. The molecule has 3 heterocycles. The number of ether oxygens (including phenoxy) is 1. The molecule has 0 unspecified atom stereocenters. The quantitative estimate of drug-likeness (QED) is 0.301. The van der Waals surface area contributed by atoms with Crippen molar-refractivity contribution in [2.45, 2.75) is 52.0 Å². The molecule has 1 N–H and O–H groups in total. The third-order valence-electron chi connectivity index (χ3n) is 10.2. The maximum absolute atomic E-state index is 13.1. The van der Waals surface area contributed by atoms with Crippen molar-refractivity contribution in [3.8, 4) is 16.9 Å². The van der Waals surface area contributed by atoms with Gasteiger partial charge in [0.15, 0.2) is 0 Å². The van der Waals surface area contributed by atoms with Crippen LogP contribution in [0.15, 0.2) is 54.2 Å². The summed E-state index contributed by atoms with van der Waals surface area (Å²) < 4.78 is 34.3. The molecule has 4 bridgehead atoms. The van der Waals surface area contributed by atoms with Gasteiger partial charge in [-0.3, -0.25) is 14.7 Å². The number of amides is 1. The molecular formula is C34H42N4O4S2. The molecule has 10 heteroatoms. The molecule has 4 saturated carbocycles. The van der Waals surface area contributed by atoms with Crippen LogP contribution in [0.25, 0.3) is 11.1 Å². The molecule has 234 valence electrons. The fourth-order valence-electron chi connectivity index (χ4n) is 8.75. The standard InChI is InChI=1S/C34H42N4O4S2/c1-2-42-31-14-28(19-35-20-31)29-15-32(43-22-29)21-37-7-9-38(10-8-37)30-5-3-27(4-6-30)33(39)36-44(40,41)23-34-16-24-11-25(17-34)13-26(12-24)18-34/h3-6,14-15,19-20,22,24-26H,2,7-13,16-18,21,23H2,1H3,(H,36,39). The molecule has 0 spiro atoms. The Morgan fingerprint density at radius 3 is 2.32 bits per heavy atom. The van der Waals surface area contributed by atoms with Crippen molar-refractivity contribution in [2.24, 2.45) is 23.2 Å². The van der Waals surface area contributed by atoms with Gasteiger partial charge in [-0.05, 0) is 116 Å². The monoisotopic (exact) mass is 634 g/mol. The van der Waals surface area contributed by atoms with Gasteiger partial charge in [-0.25, -0.2) is 13.1 Å². The topological polar surface area (TPSA) is 91.8 Å². The van der Waals surface area contributed by atoms with Crippen LogP contribution in [0, 0.1) is 23.2 Å². The molecule has 1 saturated heterocycles. The molecule has 44 heavy (non-hydrogen) atoms. The SMILES string of the molecule is CCOc1cncc(-c2csc(CN3CCN(c4ccc(C(=O)NS(=O)(=O)CC56CC7CC(CC(C7)C5)C6)cc4)CC3)c2)c1. The lowest BCUT2D eigenvalue weighted by Crippen LogP contribution is -2.51. The first-order valence-electron chi connectivity index (χ1n) is 16.0. The molecule has 1 aromatic carbocycles. The first-order chi connectivity index (χ1) is 21.2. The van der Waals surface area contributed by atoms with Gasteiger partial charge < -0.3 is 9.64 Å². The van der Waals surface area contributed by atoms with Crippen LogP contribution in [-0.2, 0) is 16.6 Å². The summed E-state index contributed by atoms with van der Waals surface area (Å²) in [4.78, 5) is 23.4. The minimum absolute atomic E-state index is 0.0860. The zero-order valence-corrected chi connectivity index (χ0v) is 27.0. The van der Waals surface area contributed by atoms with Crippen molar-refractivity contribution in [1.82, 2.24) is 14.6 Å². The predicted molar refractivity (Wildman–Crippen MR) is 175 cm³/mol. The number of nitrogens with zero attached hydrogens (tertiary/aromatic N) is 3. The van der Waals surface area contributed by atoms with E-state index in [0.29, 0.717) is 29.9 Å². The van der Waals surface area contributed by atoms with Crippen LogP contribution in [0.5, 0.6) is 5.75 Å². The van der Waals surface area contributed by atoms with Crippen LogP contribution >= 0.6 is 11.3 Å². The number of anilines is 1. The Labute approximate surface area is 264 Å². The zero-order chi connectivity index (χ0) is 30.3. The molecule has 3 aromatic rings. The summed E-state index contributed by atoms with van der Waals surface area (Å²) in [6.07, 6.45) is 10.5. The zero-order valence-electron chi connectivity index (χ0n) is 25.4. The lowest BCUT2D eigenvalue weighted by atomic mass is 9.50. The van der Waals surface area contributed by atoms with Crippen molar-refractivity contribution in [1.29, 1.82) is 0 Å². The number of hydrogen-bond donors (Lipinski definition) is 1. The third-order valence-corrected chi connectivity index (χ3v) is 12.6. The number of carbonyl (C=O) groups is 1. The van der Waals surface area contributed by atoms with E-state index in [9.17, 15) is 13.2 Å². The van der Waals surface area contributed by atoms with Crippen molar-refractivity contribution in [2.75, 3.05) is 43.4 Å². The number of carbonyl (C=O) groups excluding carboxylic acids is 1. The minimum atomic E-state index is -3.70. The summed E-state index contributed by atoms with van der Waals surface area (Å²) in [6.45, 7) is 7.18. The van der Waals surface area contributed by atoms with E-state index in [4.69, 9.17) is 4.74 Å². The number of nitrogens with one attached hydrogen (secondary N) is 1. The highest BCUT2D eigenvalue weighted by Gasteiger charge is 2.52. The van der Waals surface area contributed by atoms with E-state index in [-0.39, 0.29) is 11.2 Å². The van der Waals surface area contributed by atoms with Gasteiger partial charge in [-0.1, -0.05) is 0 Å². The average molecular weight is 635 g/mol. The largest absolute Gasteiger partial charge is 0.492 e. The number of hydrogen-bond acceptors (Lipinski definition) is 8. The van der Waals surface area contributed by atoms with Crippen molar-refractivity contribution >= 4 is 33.0 Å². The average Bonchev–Trinajstić information content (AvgIpc) is 3.45. The van der Waals surface area contributed by atoms with E-state index in [1.165, 1.54) is 29.7 Å². The number of pyridine rings is 1. The van der Waals surface area contributed by atoms with Crippen LogP contribution < -0.4 is 14.4 Å². The van der Waals surface area contributed by atoms with E-state index in [1.54, 1.807) is 29.7 Å². The lowest BCUT2D eigenvalue weighted by molar-refractivity contribution is -0.0391. The number of benzene rings is 1. The second-order valence-electron chi connectivity index (χ2n) is 13.6. The van der Waals surface area contributed by atoms with Crippen molar-refractivity contribution in [3.63, 3.8) is 0 Å². The number of sulfonamides is 1. The van der Waals surface area contributed by atoms with Crippen LogP contribution in [-0.4, -0.2) is 62.7 Å². The van der Waals surface area contributed by atoms with E-state index in [2.05, 4.69) is 31.0 Å². The second-order valence-corrected chi connectivity index (χ2v) is 16.3. The van der Waals surface area contributed by atoms with Gasteiger partial charge in [0.05, 0.1) is 18.6 Å². The smallest absolute Gasteiger partial charge is 0.264 e. The van der Waals surface area contributed by atoms with Gasteiger partial charge in [0.1, 0.15) is 5.75 Å². The maximum atomic E-state index is 13.1. The highest BCUT2D eigenvalue weighted by atomic mass is 32.2. The molecular weight excluding hydrogens is 593 g/mol. The highest BCUT2D eigenvalue weighted by Crippen LogP contribution is 2.60. The first-order valence-corrected chi connectivity index (χ1v) is 18.6. The molecule has 4 aliphatic carbocycles. The van der Waals surface area contributed by atoms with Crippen molar-refractivity contribution < 1.29 is 17.9 Å². The normalized spacial score (nSPS) is 26.6. The Morgan fingerprint density at radius 2 is 1.66 bits per heavy atom. The van der Waals surface area contributed by atoms with Crippen molar-refractivity contribution in [3.05, 3.63) is 64.6 Å². The van der Waals surface area contributed by atoms with Gasteiger partial charge in [-0.15, -0.1) is 11.3 Å².